The summed E-state index contributed by atoms with van der Waals surface area (Å²) in [6.07, 6.45) is 0. The van der Waals surface area contributed by atoms with Crippen LogP contribution in [0.15, 0.2) is 12.1 Å². The van der Waals surface area contributed by atoms with Crippen molar-refractivity contribution in [1.82, 2.24) is 0 Å². The minimum atomic E-state index is -0.124. The Bertz CT molecular complexity index is 344. The van der Waals surface area contributed by atoms with Crippen LogP contribution in [0.25, 0.3) is 0 Å². The Labute approximate surface area is 93.4 Å². The number of aliphatic hydroxyl groups is 2. The second-order valence-electron chi connectivity index (χ2n) is 3.04. The monoisotopic (exact) mass is 228 g/mol. The van der Waals surface area contributed by atoms with Crippen molar-refractivity contribution in [1.29, 1.82) is 0 Å². The third-order valence-corrected chi connectivity index (χ3v) is 1.87. The summed E-state index contributed by atoms with van der Waals surface area (Å²) in [5.41, 5.74) is 12.1. The van der Waals surface area contributed by atoms with Crippen molar-refractivity contribution in [3.8, 4) is 11.5 Å². The van der Waals surface area contributed by atoms with Gasteiger partial charge in [0, 0.05) is 0 Å². The zero-order valence-corrected chi connectivity index (χ0v) is 8.85. The first-order chi connectivity index (χ1) is 7.70. The van der Waals surface area contributed by atoms with E-state index in [1.807, 2.05) is 0 Å². The van der Waals surface area contributed by atoms with E-state index < -0.39 is 0 Å². The molecule has 90 valence electrons. The Balaban J connectivity index is 2.87. The van der Waals surface area contributed by atoms with Crippen molar-refractivity contribution < 1.29 is 19.7 Å². The first kappa shape index (κ1) is 12.4. The van der Waals surface area contributed by atoms with Gasteiger partial charge in [-0.2, -0.15) is 0 Å². The Hall–Kier alpha value is -1.66. The predicted molar refractivity (Wildman–Crippen MR) is 60.4 cm³/mol. The molecule has 16 heavy (non-hydrogen) atoms. The van der Waals surface area contributed by atoms with E-state index in [-0.39, 0.29) is 32.1 Å². The van der Waals surface area contributed by atoms with E-state index in [4.69, 9.17) is 31.2 Å². The quantitative estimate of drug-likeness (QED) is 0.493. The van der Waals surface area contributed by atoms with Gasteiger partial charge in [-0.1, -0.05) is 0 Å². The number of rotatable bonds is 6. The van der Waals surface area contributed by atoms with Gasteiger partial charge in [0.1, 0.15) is 24.7 Å². The molecule has 0 saturated heterocycles. The lowest BCUT2D eigenvalue weighted by Gasteiger charge is -2.14. The van der Waals surface area contributed by atoms with Crippen LogP contribution in [0.1, 0.15) is 0 Å². The fraction of sp³-hybridized carbons (Fsp3) is 0.400. The predicted octanol–water partition coefficient (Wildman–Crippen LogP) is -0.407. The molecule has 0 spiro atoms. The van der Waals surface area contributed by atoms with Crippen LogP contribution in [0.2, 0.25) is 0 Å². The highest BCUT2D eigenvalue weighted by Crippen LogP contribution is 2.36. The second-order valence-corrected chi connectivity index (χ2v) is 3.04. The fourth-order valence-corrected chi connectivity index (χ4v) is 1.19. The summed E-state index contributed by atoms with van der Waals surface area (Å²) in [5, 5.41) is 17.3. The molecule has 1 rings (SSSR count). The van der Waals surface area contributed by atoms with Gasteiger partial charge >= 0.3 is 0 Å². The van der Waals surface area contributed by atoms with Gasteiger partial charge in [0.2, 0.25) is 0 Å². The number of nitrogen functional groups attached to an aromatic ring is 2. The van der Waals surface area contributed by atoms with Gasteiger partial charge in [-0.15, -0.1) is 0 Å². The fourth-order valence-electron chi connectivity index (χ4n) is 1.19. The van der Waals surface area contributed by atoms with Gasteiger partial charge < -0.3 is 31.2 Å². The Kier molecular flexibility index (Phi) is 4.68. The van der Waals surface area contributed by atoms with Crippen LogP contribution in [-0.2, 0) is 0 Å². The standard InChI is InChI=1S/C10H16N2O4/c11-7-1-2-8(15-5-3-13)9(12)10(7)16-6-4-14/h1-2,13-14H,3-6,11-12H2. The maximum Gasteiger partial charge on any atom is 0.168 e. The molecule has 1 aromatic rings. The molecular formula is C10H16N2O4. The van der Waals surface area contributed by atoms with E-state index in [0.29, 0.717) is 17.2 Å². The summed E-state index contributed by atoms with van der Waals surface area (Å²) in [6, 6.07) is 3.20. The van der Waals surface area contributed by atoms with Crippen molar-refractivity contribution in [3.05, 3.63) is 12.1 Å². The van der Waals surface area contributed by atoms with E-state index in [0.717, 1.165) is 0 Å². The van der Waals surface area contributed by atoms with E-state index in [9.17, 15) is 0 Å². The summed E-state index contributed by atoms with van der Waals surface area (Å²) < 4.78 is 10.4. The SMILES string of the molecule is Nc1ccc(OCCO)c(N)c1OCCO. The molecule has 0 radical (unpaired) electrons. The molecule has 0 fully saturated rings. The maximum absolute atomic E-state index is 8.65. The van der Waals surface area contributed by atoms with E-state index in [2.05, 4.69) is 0 Å². The number of ether oxygens (including phenoxy) is 2. The van der Waals surface area contributed by atoms with Crippen LogP contribution < -0.4 is 20.9 Å². The van der Waals surface area contributed by atoms with Crippen LogP contribution in [0.3, 0.4) is 0 Å². The Morgan fingerprint density at radius 3 is 2.25 bits per heavy atom. The van der Waals surface area contributed by atoms with Crippen LogP contribution in [0, 0.1) is 0 Å². The highest BCUT2D eigenvalue weighted by molar-refractivity contribution is 5.73. The largest absolute Gasteiger partial charge is 0.489 e. The minimum Gasteiger partial charge on any atom is -0.489 e. The number of nitrogens with two attached hydrogens (primary N) is 2. The van der Waals surface area contributed by atoms with Crippen molar-refractivity contribution in [2.75, 3.05) is 37.9 Å². The number of anilines is 2. The van der Waals surface area contributed by atoms with Gasteiger partial charge in [-0.05, 0) is 12.1 Å². The molecule has 6 N–H and O–H groups in total. The first-order valence-corrected chi connectivity index (χ1v) is 4.86. The molecule has 0 aliphatic rings. The number of hydrogen-bond acceptors (Lipinski definition) is 6. The van der Waals surface area contributed by atoms with Gasteiger partial charge in [-0.25, -0.2) is 0 Å². The molecule has 0 aliphatic carbocycles. The summed E-state index contributed by atoms with van der Waals surface area (Å²) in [6.45, 7) is 0.0304. The highest BCUT2D eigenvalue weighted by atomic mass is 16.5. The Morgan fingerprint density at radius 2 is 1.62 bits per heavy atom. The molecule has 0 aromatic heterocycles. The summed E-state index contributed by atoms with van der Waals surface area (Å²) in [5.74, 6) is 0.695. The molecule has 6 heteroatoms. The molecule has 0 heterocycles. The molecule has 0 atom stereocenters. The zero-order chi connectivity index (χ0) is 12.0. The number of hydrogen-bond donors (Lipinski definition) is 4. The smallest absolute Gasteiger partial charge is 0.168 e. The highest BCUT2D eigenvalue weighted by Gasteiger charge is 2.11. The Morgan fingerprint density at radius 1 is 1.00 bits per heavy atom. The van der Waals surface area contributed by atoms with Gasteiger partial charge in [0.25, 0.3) is 0 Å². The molecule has 6 nitrogen and oxygen atoms in total. The van der Waals surface area contributed by atoms with Crippen molar-refractivity contribution in [2.45, 2.75) is 0 Å². The van der Waals surface area contributed by atoms with Crippen LogP contribution >= 0.6 is 0 Å². The molecule has 1 aromatic carbocycles. The molecule has 0 amide bonds. The van der Waals surface area contributed by atoms with Crippen LogP contribution in [-0.4, -0.2) is 36.6 Å². The minimum absolute atomic E-state index is 0.101. The van der Waals surface area contributed by atoms with E-state index in [1.165, 1.54) is 0 Å². The summed E-state index contributed by atoms with van der Waals surface area (Å²) in [7, 11) is 0. The van der Waals surface area contributed by atoms with Crippen LogP contribution in [0.5, 0.6) is 11.5 Å². The normalized spacial score (nSPS) is 10.1. The topological polar surface area (TPSA) is 111 Å². The number of benzene rings is 1. The molecular weight excluding hydrogens is 212 g/mol. The van der Waals surface area contributed by atoms with Gasteiger partial charge in [0.05, 0.1) is 18.9 Å². The summed E-state index contributed by atoms with van der Waals surface area (Å²) in [4.78, 5) is 0. The molecule has 0 bridgehead atoms. The number of aliphatic hydroxyl groups excluding tert-OH is 2. The average molecular weight is 228 g/mol. The van der Waals surface area contributed by atoms with E-state index >= 15 is 0 Å². The second kappa shape index (κ2) is 6.04. The molecule has 0 unspecified atom stereocenters. The lowest BCUT2D eigenvalue weighted by Crippen LogP contribution is -2.09. The molecule has 0 aliphatic heterocycles. The molecule has 0 saturated carbocycles. The van der Waals surface area contributed by atoms with E-state index in [1.54, 1.807) is 12.1 Å². The zero-order valence-electron chi connectivity index (χ0n) is 8.85. The van der Waals surface area contributed by atoms with Crippen molar-refractivity contribution in [3.63, 3.8) is 0 Å². The third-order valence-electron chi connectivity index (χ3n) is 1.87. The van der Waals surface area contributed by atoms with Crippen molar-refractivity contribution >= 4 is 11.4 Å². The lowest BCUT2D eigenvalue weighted by molar-refractivity contribution is 0.196. The maximum atomic E-state index is 8.65. The van der Waals surface area contributed by atoms with Crippen LogP contribution in [0.4, 0.5) is 11.4 Å². The first-order valence-electron chi connectivity index (χ1n) is 4.86. The van der Waals surface area contributed by atoms with Crippen molar-refractivity contribution in [2.24, 2.45) is 0 Å². The third kappa shape index (κ3) is 2.91. The van der Waals surface area contributed by atoms with Gasteiger partial charge in [0.15, 0.2) is 5.75 Å². The average Bonchev–Trinajstić information content (AvgIpc) is 2.28. The lowest BCUT2D eigenvalue weighted by atomic mass is 10.2. The van der Waals surface area contributed by atoms with Gasteiger partial charge in [-0.3, -0.25) is 0 Å². The summed E-state index contributed by atoms with van der Waals surface area (Å²) >= 11 is 0.